The fourth-order valence-electron chi connectivity index (χ4n) is 1.88. The summed E-state index contributed by atoms with van der Waals surface area (Å²) in [6.45, 7) is 6.14. The molecule has 3 nitrogen and oxygen atoms in total. The van der Waals surface area contributed by atoms with E-state index in [0.717, 1.165) is 6.07 Å². The van der Waals surface area contributed by atoms with Gasteiger partial charge < -0.3 is 11.1 Å². The Balaban J connectivity index is 2.67. The summed E-state index contributed by atoms with van der Waals surface area (Å²) < 4.78 is 39.2. The van der Waals surface area contributed by atoms with Crippen molar-refractivity contribution in [1.29, 1.82) is 0 Å². The van der Waals surface area contributed by atoms with Crippen LogP contribution in [0.15, 0.2) is 12.1 Å². The van der Waals surface area contributed by atoms with E-state index < -0.39 is 28.9 Å². The highest BCUT2D eigenvalue weighted by Gasteiger charge is 2.20. The molecule has 0 aliphatic rings. The van der Waals surface area contributed by atoms with Crippen LogP contribution in [0.2, 0.25) is 0 Å². The number of hydrogen-bond acceptors (Lipinski definition) is 2. The van der Waals surface area contributed by atoms with Crippen LogP contribution in [0.3, 0.4) is 0 Å². The Morgan fingerprint density at radius 2 is 1.85 bits per heavy atom. The second-order valence-electron chi connectivity index (χ2n) is 5.96. The lowest BCUT2D eigenvalue weighted by Gasteiger charge is -2.23. The molecule has 20 heavy (non-hydrogen) atoms. The Labute approximate surface area is 116 Å². The number of rotatable bonds is 4. The first-order valence-corrected chi connectivity index (χ1v) is 6.29. The van der Waals surface area contributed by atoms with Crippen LogP contribution < -0.4 is 11.1 Å². The first-order valence-electron chi connectivity index (χ1n) is 6.29. The summed E-state index contributed by atoms with van der Waals surface area (Å²) in [5, 5.41) is 2.42. The van der Waals surface area contributed by atoms with Gasteiger partial charge in [0.2, 0.25) is 0 Å². The van der Waals surface area contributed by atoms with Crippen LogP contribution in [0.5, 0.6) is 0 Å². The minimum absolute atomic E-state index is 0.00260. The van der Waals surface area contributed by atoms with Gasteiger partial charge >= 0.3 is 0 Å². The fourth-order valence-corrected chi connectivity index (χ4v) is 1.88. The van der Waals surface area contributed by atoms with Crippen molar-refractivity contribution in [2.45, 2.75) is 33.2 Å². The van der Waals surface area contributed by atoms with Crippen LogP contribution in [-0.4, -0.2) is 18.5 Å². The van der Waals surface area contributed by atoms with Gasteiger partial charge in [0.1, 0.15) is 0 Å². The molecule has 0 radical (unpaired) electrons. The second kappa shape index (κ2) is 6.26. The van der Waals surface area contributed by atoms with Crippen LogP contribution in [0.4, 0.5) is 13.2 Å². The number of amides is 1. The smallest absolute Gasteiger partial charge is 0.254 e. The molecule has 3 N–H and O–H groups in total. The van der Waals surface area contributed by atoms with Gasteiger partial charge in [-0.2, -0.15) is 0 Å². The highest BCUT2D eigenvalue weighted by molar-refractivity contribution is 5.94. The number of carbonyl (C=O) groups excluding carboxylic acids is 1. The van der Waals surface area contributed by atoms with Gasteiger partial charge in [0.15, 0.2) is 17.5 Å². The zero-order valence-corrected chi connectivity index (χ0v) is 11.8. The lowest BCUT2D eigenvalue weighted by Crippen LogP contribution is -2.39. The molecule has 0 saturated carbocycles. The third-order valence-corrected chi connectivity index (χ3v) is 2.68. The second-order valence-corrected chi connectivity index (χ2v) is 5.96. The average molecular weight is 288 g/mol. The van der Waals surface area contributed by atoms with Crippen molar-refractivity contribution in [3.8, 4) is 0 Å². The Morgan fingerprint density at radius 1 is 1.25 bits per heavy atom. The molecule has 6 heteroatoms. The van der Waals surface area contributed by atoms with Gasteiger partial charge in [-0.25, -0.2) is 13.2 Å². The first kappa shape index (κ1) is 16.5. The van der Waals surface area contributed by atoms with E-state index in [4.69, 9.17) is 5.73 Å². The summed E-state index contributed by atoms with van der Waals surface area (Å²) in [5.74, 6) is -5.29. The summed E-state index contributed by atoms with van der Waals surface area (Å²) >= 11 is 0. The van der Waals surface area contributed by atoms with Gasteiger partial charge in [0.25, 0.3) is 5.91 Å². The number of nitrogens with two attached hydrogens (primary N) is 1. The number of hydrogen-bond donors (Lipinski definition) is 2. The summed E-state index contributed by atoms with van der Waals surface area (Å²) in [5.41, 5.74) is 5.30. The maximum Gasteiger partial charge on any atom is 0.254 e. The molecule has 1 aromatic rings. The van der Waals surface area contributed by atoms with Crippen LogP contribution in [0, 0.1) is 22.9 Å². The molecule has 0 saturated heterocycles. The van der Waals surface area contributed by atoms with E-state index in [2.05, 4.69) is 5.32 Å². The maximum absolute atomic E-state index is 13.4. The normalized spacial score (nSPS) is 13.2. The van der Waals surface area contributed by atoms with Crippen molar-refractivity contribution < 1.29 is 18.0 Å². The Hall–Kier alpha value is -1.56. The Kier molecular flexibility index (Phi) is 5.16. The summed E-state index contributed by atoms with van der Waals surface area (Å²) in [4.78, 5) is 11.7. The zero-order valence-electron chi connectivity index (χ0n) is 11.8. The molecule has 0 fully saturated rings. The quantitative estimate of drug-likeness (QED) is 0.837. The van der Waals surface area contributed by atoms with Crippen molar-refractivity contribution in [3.05, 3.63) is 35.1 Å². The molecule has 1 rings (SSSR count). The fraction of sp³-hybridized carbons (Fsp3) is 0.500. The van der Waals surface area contributed by atoms with Gasteiger partial charge in [0, 0.05) is 12.6 Å². The highest BCUT2D eigenvalue weighted by atomic mass is 19.2. The Bertz CT molecular complexity index is 498. The van der Waals surface area contributed by atoms with E-state index in [1.807, 2.05) is 20.8 Å². The monoisotopic (exact) mass is 288 g/mol. The number of nitrogens with one attached hydrogen (secondary N) is 1. The predicted molar refractivity (Wildman–Crippen MR) is 70.7 cm³/mol. The van der Waals surface area contributed by atoms with Crippen LogP contribution in [0.1, 0.15) is 37.6 Å². The van der Waals surface area contributed by atoms with Crippen molar-refractivity contribution in [3.63, 3.8) is 0 Å². The van der Waals surface area contributed by atoms with Gasteiger partial charge in [-0.15, -0.1) is 0 Å². The molecule has 0 aliphatic heterocycles. The molecule has 1 unspecified atom stereocenters. The van der Waals surface area contributed by atoms with Gasteiger partial charge in [-0.05, 0) is 24.0 Å². The van der Waals surface area contributed by atoms with E-state index >= 15 is 0 Å². The molecule has 112 valence electrons. The van der Waals surface area contributed by atoms with E-state index in [1.54, 1.807) is 0 Å². The molecule has 0 bridgehead atoms. The molecule has 0 aromatic heterocycles. The SMILES string of the molecule is CC(C)(C)CC(N)CNC(=O)c1ccc(F)c(F)c1F. The van der Waals surface area contributed by atoms with Crippen LogP contribution in [-0.2, 0) is 0 Å². The summed E-state index contributed by atoms with van der Waals surface area (Å²) in [7, 11) is 0. The van der Waals surface area contributed by atoms with Crippen molar-refractivity contribution in [1.82, 2.24) is 5.32 Å². The van der Waals surface area contributed by atoms with E-state index in [-0.39, 0.29) is 18.0 Å². The highest BCUT2D eigenvalue weighted by Crippen LogP contribution is 2.19. The van der Waals surface area contributed by atoms with E-state index in [0.29, 0.717) is 12.5 Å². The molecular weight excluding hydrogens is 269 g/mol. The Morgan fingerprint density at radius 3 is 2.40 bits per heavy atom. The third kappa shape index (κ3) is 4.52. The largest absolute Gasteiger partial charge is 0.350 e. The molecule has 0 spiro atoms. The molecule has 1 amide bonds. The van der Waals surface area contributed by atoms with Crippen LogP contribution >= 0.6 is 0 Å². The zero-order chi connectivity index (χ0) is 15.5. The van der Waals surface area contributed by atoms with Crippen molar-refractivity contribution >= 4 is 5.91 Å². The summed E-state index contributed by atoms with van der Waals surface area (Å²) in [6.07, 6.45) is 0.660. The summed E-state index contributed by atoms with van der Waals surface area (Å²) in [6, 6.07) is 1.31. The van der Waals surface area contributed by atoms with Gasteiger partial charge in [0.05, 0.1) is 5.56 Å². The predicted octanol–water partition coefficient (Wildman–Crippen LogP) is 2.60. The minimum atomic E-state index is -1.66. The first-order chi connectivity index (χ1) is 9.11. The van der Waals surface area contributed by atoms with E-state index in [9.17, 15) is 18.0 Å². The molecule has 0 aliphatic carbocycles. The molecular formula is C14H19F3N2O. The van der Waals surface area contributed by atoms with Crippen molar-refractivity contribution in [2.24, 2.45) is 11.1 Å². The lowest BCUT2D eigenvalue weighted by molar-refractivity contribution is 0.0943. The van der Waals surface area contributed by atoms with Crippen LogP contribution in [0.25, 0.3) is 0 Å². The topological polar surface area (TPSA) is 55.1 Å². The molecule has 1 atom stereocenters. The minimum Gasteiger partial charge on any atom is -0.350 e. The number of carbonyl (C=O) groups is 1. The van der Waals surface area contributed by atoms with Gasteiger partial charge in [-0.1, -0.05) is 20.8 Å². The number of halogens is 3. The number of benzene rings is 1. The molecule has 0 heterocycles. The lowest BCUT2D eigenvalue weighted by atomic mass is 9.88. The van der Waals surface area contributed by atoms with E-state index in [1.165, 1.54) is 0 Å². The van der Waals surface area contributed by atoms with Crippen molar-refractivity contribution in [2.75, 3.05) is 6.54 Å². The molecule has 1 aromatic carbocycles. The average Bonchev–Trinajstić information content (AvgIpc) is 2.31. The standard InChI is InChI=1S/C14H19F3N2O/c1-14(2,3)6-8(18)7-19-13(20)9-4-5-10(15)12(17)11(9)16/h4-5,8H,6-7,18H2,1-3H3,(H,19,20). The third-order valence-electron chi connectivity index (χ3n) is 2.68. The van der Waals surface area contributed by atoms with Gasteiger partial charge in [-0.3, -0.25) is 4.79 Å². The maximum atomic E-state index is 13.4.